The van der Waals surface area contributed by atoms with Crippen LogP contribution in [0.3, 0.4) is 0 Å². The number of benzene rings is 2. The molecule has 0 aliphatic carbocycles. The van der Waals surface area contributed by atoms with E-state index in [1.165, 1.54) is 11.8 Å². The van der Waals surface area contributed by atoms with Gasteiger partial charge in [-0.2, -0.15) is 0 Å². The minimum Gasteiger partial charge on any atom is -0.461 e. The maximum atomic E-state index is 13.4. The molecule has 0 spiro atoms. The predicted octanol–water partition coefficient (Wildman–Crippen LogP) is 4.92. The molecule has 0 N–H and O–H groups in total. The molecule has 1 aliphatic heterocycles. The van der Waals surface area contributed by atoms with Crippen LogP contribution in [-0.4, -0.2) is 26.4 Å². The van der Waals surface area contributed by atoms with Gasteiger partial charge in [-0.15, -0.1) is 10.2 Å². The van der Waals surface area contributed by atoms with Crippen molar-refractivity contribution in [3.63, 3.8) is 0 Å². The van der Waals surface area contributed by atoms with Crippen molar-refractivity contribution in [1.29, 1.82) is 0 Å². The highest BCUT2D eigenvalue weighted by Gasteiger charge is 2.27. The molecule has 1 amide bonds. The molecular weight excluding hydrogens is 396 g/mol. The average molecular weight is 417 g/mol. The molecule has 6 nitrogen and oxygen atoms in total. The van der Waals surface area contributed by atoms with E-state index < -0.39 is 0 Å². The van der Waals surface area contributed by atoms with Gasteiger partial charge in [-0.3, -0.25) is 14.3 Å². The lowest BCUT2D eigenvalue weighted by molar-refractivity contribution is -0.115. The molecule has 1 aliphatic rings. The summed E-state index contributed by atoms with van der Waals surface area (Å²) in [5, 5.41) is 9.26. The van der Waals surface area contributed by atoms with E-state index in [-0.39, 0.29) is 11.7 Å². The summed E-state index contributed by atoms with van der Waals surface area (Å²) in [5.41, 5.74) is 4.22. The van der Waals surface area contributed by atoms with E-state index in [2.05, 4.69) is 22.3 Å². The Morgan fingerprint density at radius 2 is 1.70 bits per heavy atom. The molecule has 0 bridgehead atoms. The second kappa shape index (κ2) is 7.84. The molecule has 2 aromatic carbocycles. The number of hydrogen-bond donors (Lipinski definition) is 0. The number of furan rings is 1. The zero-order valence-corrected chi connectivity index (χ0v) is 17.3. The van der Waals surface area contributed by atoms with Gasteiger partial charge in [-0.05, 0) is 42.3 Å². The van der Waals surface area contributed by atoms with Crippen molar-refractivity contribution in [2.45, 2.75) is 25.0 Å². The first-order chi connectivity index (χ1) is 14.8. The summed E-state index contributed by atoms with van der Waals surface area (Å²) < 4.78 is 7.43. The van der Waals surface area contributed by atoms with Crippen LogP contribution in [0.1, 0.15) is 18.1 Å². The molecule has 30 heavy (non-hydrogen) atoms. The third-order valence-corrected chi connectivity index (χ3v) is 6.15. The fourth-order valence-electron chi connectivity index (χ4n) is 3.82. The molecule has 0 saturated carbocycles. The summed E-state index contributed by atoms with van der Waals surface area (Å²) in [6, 6.07) is 19.9. The quantitative estimate of drug-likeness (QED) is 0.432. The fourth-order valence-corrected chi connectivity index (χ4v) is 4.67. The molecule has 0 fully saturated rings. The predicted molar refractivity (Wildman–Crippen MR) is 117 cm³/mol. The normalized spacial score (nSPS) is 12.5. The van der Waals surface area contributed by atoms with Gasteiger partial charge in [0.25, 0.3) is 0 Å². The molecule has 2 aromatic heterocycles. The smallest absolute Gasteiger partial charge is 0.242 e. The van der Waals surface area contributed by atoms with Gasteiger partial charge >= 0.3 is 0 Å². The van der Waals surface area contributed by atoms with Gasteiger partial charge in [0.2, 0.25) is 5.91 Å². The molecular formula is C23H20N4O2S. The van der Waals surface area contributed by atoms with Crippen LogP contribution in [0.25, 0.3) is 11.6 Å². The van der Waals surface area contributed by atoms with E-state index in [1.54, 1.807) is 6.26 Å². The number of thioether (sulfide) groups is 1. The van der Waals surface area contributed by atoms with E-state index in [4.69, 9.17) is 4.42 Å². The first kappa shape index (κ1) is 18.7. The highest BCUT2D eigenvalue weighted by Crippen LogP contribution is 2.39. The molecule has 3 heterocycles. The summed E-state index contributed by atoms with van der Waals surface area (Å²) in [5.74, 6) is 1.62. The number of amides is 1. The van der Waals surface area contributed by atoms with Crippen molar-refractivity contribution in [2.24, 2.45) is 0 Å². The maximum absolute atomic E-state index is 13.4. The number of hydrogen-bond acceptors (Lipinski definition) is 5. The first-order valence-electron chi connectivity index (χ1n) is 9.85. The van der Waals surface area contributed by atoms with Gasteiger partial charge in [0.15, 0.2) is 16.7 Å². The number of anilines is 2. The SMILES string of the molecule is CCn1c(SCC(=O)N2c3ccccc3Cc3ccccc32)nnc1-c1ccco1. The van der Waals surface area contributed by atoms with Crippen LogP contribution in [0.5, 0.6) is 0 Å². The molecule has 0 radical (unpaired) electrons. The van der Waals surface area contributed by atoms with Gasteiger partial charge in [0.05, 0.1) is 23.4 Å². The van der Waals surface area contributed by atoms with Crippen LogP contribution < -0.4 is 4.90 Å². The monoisotopic (exact) mass is 416 g/mol. The summed E-state index contributed by atoms with van der Waals surface area (Å²) in [6.45, 7) is 2.72. The van der Waals surface area contributed by atoms with Gasteiger partial charge in [0.1, 0.15) is 0 Å². The standard InChI is InChI=1S/C23H20N4O2S/c1-2-26-22(20-12-7-13-29-20)24-25-23(26)30-15-21(28)27-18-10-5-3-8-16(18)14-17-9-4-6-11-19(17)27/h3-13H,2,14-15H2,1H3. The number of rotatable bonds is 5. The Kier molecular flexibility index (Phi) is 4.88. The highest BCUT2D eigenvalue weighted by molar-refractivity contribution is 7.99. The van der Waals surface area contributed by atoms with Gasteiger partial charge < -0.3 is 4.42 Å². The number of carbonyl (C=O) groups excluding carboxylic acids is 1. The van der Waals surface area contributed by atoms with Crippen molar-refractivity contribution in [3.8, 4) is 11.6 Å². The van der Waals surface area contributed by atoms with Gasteiger partial charge in [-0.1, -0.05) is 48.2 Å². The molecule has 4 aromatic rings. The average Bonchev–Trinajstić information content (AvgIpc) is 3.45. The Balaban J connectivity index is 1.42. The zero-order valence-electron chi connectivity index (χ0n) is 16.5. The largest absolute Gasteiger partial charge is 0.461 e. The highest BCUT2D eigenvalue weighted by atomic mass is 32.2. The number of fused-ring (bicyclic) bond motifs is 2. The Hall–Kier alpha value is -3.32. The van der Waals surface area contributed by atoms with Crippen molar-refractivity contribution >= 4 is 29.0 Å². The number of carbonyl (C=O) groups is 1. The van der Waals surface area contributed by atoms with Crippen LogP contribution in [0, 0.1) is 0 Å². The lowest BCUT2D eigenvalue weighted by Gasteiger charge is -2.31. The summed E-state index contributed by atoms with van der Waals surface area (Å²) >= 11 is 1.40. The number of nitrogens with zero attached hydrogens (tertiary/aromatic N) is 4. The van der Waals surface area contributed by atoms with Crippen molar-refractivity contribution < 1.29 is 9.21 Å². The lowest BCUT2D eigenvalue weighted by atomic mass is 9.95. The minimum absolute atomic E-state index is 0.0183. The first-order valence-corrected chi connectivity index (χ1v) is 10.8. The Labute approximate surface area is 178 Å². The van der Waals surface area contributed by atoms with Gasteiger partial charge in [-0.25, -0.2) is 0 Å². The Morgan fingerprint density at radius 3 is 2.33 bits per heavy atom. The number of aromatic nitrogens is 3. The summed E-state index contributed by atoms with van der Waals surface area (Å²) in [4.78, 5) is 15.2. The second-order valence-corrected chi connectivity index (χ2v) is 7.92. The summed E-state index contributed by atoms with van der Waals surface area (Å²) in [7, 11) is 0. The van der Waals surface area contributed by atoms with Gasteiger partial charge in [0, 0.05) is 13.0 Å². The second-order valence-electron chi connectivity index (χ2n) is 6.98. The Bertz CT molecular complexity index is 1150. The van der Waals surface area contributed by atoms with Crippen LogP contribution in [0.4, 0.5) is 11.4 Å². The van der Waals surface area contributed by atoms with E-state index in [9.17, 15) is 4.79 Å². The van der Waals surface area contributed by atoms with E-state index >= 15 is 0 Å². The van der Waals surface area contributed by atoms with E-state index in [1.807, 2.05) is 64.9 Å². The van der Waals surface area contributed by atoms with Crippen molar-refractivity contribution in [2.75, 3.05) is 10.7 Å². The molecule has 5 rings (SSSR count). The van der Waals surface area contributed by atoms with E-state index in [0.717, 1.165) is 28.9 Å². The zero-order chi connectivity index (χ0) is 20.5. The molecule has 7 heteroatoms. The van der Waals surface area contributed by atoms with Crippen LogP contribution >= 0.6 is 11.8 Å². The number of para-hydroxylation sites is 2. The van der Waals surface area contributed by atoms with Crippen LogP contribution in [0.2, 0.25) is 0 Å². The third kappa shape index (κ3) is 3.21. The van der Waals surface area contributed by atoms with Crippen LogP contribution in [-0.2, 0) is 17.8 Å². The molecule has 0 atom stereocenters. The maximum Gasteiger partial charge on any atom is 0.242 e. The molecule has 0 unspecified atom stereocenters. The van der Waals surface area contributed by atoms with Crippen molar-refractivity contribution in [3.05, 3.63) is 78.1 Å². The minimum atomic E-state index is 0.0183. The Morgan fingerprint density at radius 1 is 1.00 bits per heavy atom. The molecule has 0 saturated heterocycles. The third-order valence-electron chi connectivity index (χ3n) is 5.19. The fraction of sp³-hybridized carbons (Fsp3) is 0.174. The lowest BCUT2D eigenvalue weighted by Crippen LogP contribution is -2.31. The molecule has 150 valence electrons. The van der Waals surface area contributed by atoms with Crippen molar-refractivity contribution in [1.82, 2.24) is 14.8 Å². The topological polar surface area (TPSA) is 64.2 Å². The summed E-state index contributed by atoms with van der Waals surface area (Å²) in [6.07, 6.45) is 2.45. The van der Waals surface area contributed by atoms with Crippen LogP contribution in [0.15, 0.2) is 76.5 Å². The van der Waals surface area contributed by atoms with E-state index in [0.29, 0.717) is 23.3 Å².